The van der Waals surface area contributed by atoms with Crippen molar-refractivity contribution in [1.29, 1.82) is 0 Å². The lowest BCUT2D eigenvalue weighted by Gasteiger charge is -2.08. The van der Waals surface area contributed by atoms with Gasteiger partial charge < -0.3 is 10.2 Å². The second-order valence-electron chi connectivity index (χ2n) is 6.28. The Morgan fingerprint density at radius 3 is 2.67 bits per heavy atom. The molecular weight excluding hydrogens is 314 g/mol. The number of para-hydroxylation sites is 1. The van der Waals surface area contributed by atoms with E-state index in [1.165, 1.54) is 21.6 Å². The van der Waals surface area contributed by atoms with Gasteiger partial charge in [-0.25, -0.2) is 0 Å². The predicted molar refractivity (Wildman–Crippen MR) is 103 cm³/mol. The molecular formula is C21H19NOS. The first-order valence-electron chi connectivity index (χ1n) is 8.02. The molecule has 0 saturated carbocycles. The van der Waals surface area contributed by atoms with Crippen LogP contribution in [0.25, 0.3) is 21.6 Å². The Morgan fingerprint density at radius 1 is 1.00 bits per heavy atom. The summed E-state index contributed by atoms with van der Waals surface area (Å²) < 4.78 is 5.97. The topological polar surface area (TPSA) is 39.2 Å². The first kappa shape index (κ1) is 15.0. The van der Waals surface area contributed by atoms with Gasteiger partial charge in [-0.05, 0) is 72.2 Å². The van der Waals surface area contributed by atoms with Gasteiger partial charge in [0, 0.05) is 11.1 Å². The average molecular weight is 333 g/mol. The van der Waals surface area contributed by atoms with Crippen molar-refractivity contribution in [3.63, 3.8) is 0 Å². The van der Waals surface area contributed by atoms with E-state index in [0.717, 1.165) is 34.4 Å². The molecule has 0 aliphatic rings. The molecule has 2 aromatic carbocycles. The van der Waals surface area contributed by atoms with E-state index in [0.29, 0.717) is 0 Å². The van der Waals surface area contributed by atoms with Crippen LogP contribution < -0.4 is 5.73 Å². The minimum atomic E-state index is 0.865. The number of benzene rings is 2. The number of nitrogens with two attached hydrogens (primary N) is 1. The van der Waals surface area contributed by atoms with E-state index in [4.69, 9.17) is 10.2 Å². The number of hydrogen-bond donors (Lipinski definition) is 1. The highest BCUT2D eigenvalue weighted by Crippen LogP contribution is 2.33. The Balaban J connectivity index is 1.64. The normalized spacial score (nSPS) is 11.2. The summed E-state index contributed by atoms with van der Waals surface area (Å²) in [5.41, 5.74) is 12.8. The van der Waals surface area contributed by atoms with E-state index in [1.54, 1.807) is 11.3 Å². The van der Waals surface area contributed by atoms with Crippen LogP contribution in [0.4, 0.5) is 5.69 Å². The summed E-state index contributed by atoms with van der Waals surface area (Å²) in [6.07, 6.45) is 0.920. The van der Waals surface area contributed by atoms with Crippen molar-refractivity contribution in [2.45, 2.75) is 20.3 Å². The molecule has 24 heavy (non-hydrogen) atoms. The van der Waals surface area contributed by atoms with Gasteiger partial charge in [0.1, 0.15) is 11.3 Å². The minimum Gasteiger partial charge on any atom is -0.455 e. The van der Waals surface area contributed by atoms with Crippen LogP contribution in [-0.2, 0) is 6.42 Å². The third-order valence-corrected chi connectivity index (χ3v) is 5.43. The minimum absolute atomic E-state index is 0.865. The van der Waals surface area contributed by atoms with Gasteiger partial charge >= 0.3 is 0 Å². The third-order valence-electron chi connectivity index (χ3n) is 4.44. The van der Waals surface area contributed by atoms with E-state index in [-0.39, 0.29) is 0 Å². The molecule has 0 radical (unpaired) electrons. The standard InChI is InChI=1S/C21H19NOS/c1-13-8-18(22)14(2)7-17(13)9-15-10-21(24-12-15)20-11-16-5-3-4-6-19(16)23-20/h3-8,10-12H,9,22H2,1-2H3. The van der Waals surface area contributed by atoms with Crippen molar-refractivity contribution < 1.29 is 4.42 Å². The molecule has 4 rings (SSSR count). The lowest BCUT2D eigenvalue weighted by molar-refractivity contribution is 0.633. The van der Waals surface area contributed by atoms with E-state index >= 15 is 0 Å². The molecule has 2 heterocycles. The molecule has 0 saturated heterocycles. The van der Waals surface area contributed by atoms with Gasteiger partial charge in [-0.3, -0.25) is 0 Å². The molecule has 120 valence electrons. The van der Waals surface area contributed by atoms with Crippen molar-refractivity contribution in [3.8, 4) is 10.6 Å². The van der Waals surface area contributed by atoms with Gasteiger partial charge in [0.2, 0.25) is 0 Å². The SMILES string of the molecule is Cc1cc(Cc2csc(-c3cc4ccccc4o3)c2)c(C)cc1N. The van der Waals surface area contributed by atoms with Gasteiger partial charge in [-0.2, -0.15) is 0 Å². The summed E-state index contributed by atoms with van der Waals surface area (Å²) in [6, 6.07) is 16.7. The van der Waals surface area contributed by atoms with Crippen LogP contribution in [0, 0.1) is 13.8 Å². The largest absolute Gasteiger partial charge is 0.455 e. The number of furan rings is 1. The maximum Gasteiger partial charge on any atom is 0.145 e. The summed E-state index contributed by atoms with van der Waals surface area (Å²) >= 11 is 1.73. The predicted octanol–water partition coefficient (Wildman–Crippen LogP) is 5.95. The van der Waals surface area contributed by atoms with Gasteiger partial charge in [0.25, 0.3) is 0 Å². The monoisotopic (exact) mass is 333 g/mol. The second kappa shape index (κ2) is 5.84. The maximum absolute atomic E-state index is 5.99. The number of nitrogen functional groups attached to an aromatic ring is 1. The van der Waals surface area contributed by atoms with Crippen LogP contribution in [0.3, 0.4) is 0 Å². The van der Waals surface area contributed by atoms with Crippen molar-refractivity contribution in [2.24, 2.45) is 0 Å². The van der Waals surface area contributed by atoms with Crippen LogP contribution in [-0.4, -0.2) is 0 Å². The van der Waals surface area contributed by atoms with Gasteiger partial charge in [-0.15, -0.1) is 11.3 Å². The maximum atomic E-state index is 5.99. The summed E-state index contributed by atoms with van der Waals surface area (Å²) in [7, 11) is 0. The van der Waals surface area contributed by atoms with Crippen molar-refractivity contribution in [3.05, 3.63) is 76.2 Å². The number of fused-ring (bicyclic) bond motifs is 1. The Kier molecular flexibility index (Phi) is 3.66. The molecule has 0 fully saturated rings. The number of thiophene rings is 1. The summed E-state index contributed by atoms with van der Waals surface area (Å²) in [4.78, 5) is 1.17. The summed E-state index contributed by atoms with van der Waals surface area (Å²) in [6.45, 7) is 4.18. The molecule has 0 aliphatic heterocycles. The number of anilines is 1. The number of aryl methyl sites for hydroxylation is 2. The van der Waals surface area contributed by atoms with E-state index in [1.807, 2.05) is 18.2 Å². The molecule has 4 aromatic rings. The first-order valence-corrected chi connectivity index (χ1v) is 8.90. The molecule has 2 N–H and O–H groups in total. The Hall–Kier alpha value is -2.52. The van der Waals surface area contributed by atoms with E-state index in [9.17, 15) is 0 Å². The van der Waals surface area contributed by atoms with Crippen LogP contribution in [0.1, 0.15) is 22.3 Å². The van der Waals surface area contributed by atoms with Crippen molar-refractivity contribution in [2.75, 3.05) is 5.73 Å². The Bertz CT molecular complexity index is 992. The van der Waals surface area contributed by atoms with Gasteiger partial charge in [0.15, 0.2) is 0 Å². The fraction of sp³-hybridized carbons (Fsp3) is 0.143. The molecule has 2 aromatic heterocycles. The van der Waals surface area contributed by atoms with Crippen LogP contribution in [0.2, 0.25) is 0 Å². The molecule has 0 atom stereocenters. The fourth-order valence-electron chi connectivity index (χ4n) is 3.01. The van der Waals surface area contributed by atoms with Crippen molar-refractivity contribution in [1.82, 2.24) is 0 Å². The highest BCUT2D eigenvalue weighted by atomic mass is 32.1. The average Bonchev–Trinajstić information content (AvgIpc) is 3.18. The van der Waals surface area contributed by atoms with Crippen LogP contribution >= 0.6 is 11.3 Å². The van der Waals surface area contributed by atoms with Crippen molar-refractivity contribution >= 4 is 28.0 Å². The molecule has 0 spiro atoms. The Morgan fingerprint density at radius 2 is 1.83 bits per heavy atom. The highest BCUT2D eigenvalue weighted by Gasteiger charge is 2.10. The van der Waals surface area contributed by atoms with Crippen LogP contribution in [0.5, 0.6) is 0 Å². The molecule has 3 heteroatoms. The highest BCUT2D eigenvalue weighted by molar-refractivity contribution is 7.13. The zero-order valence-corrected chi connectivity index (χ0v) is 14.6. The zero-order valence-electron chi connectivity index (χ0n) is 13.8. The lowest BCUT2D eigenvalue weighted by atomic mass is 9.99. The fourth-order valence-corrected chi connectivity index (χ4v) is 3.88. The van der Waals surface area contributed by atoms with Crippen LogP contribution in [0.15, 0.2) is 58.3 Å². The van der Waals surface area contributed by atoms with Gasteiger partial charge in [-0.1, -0.05) is 24.3 Å². The number of rotatable bonds is 3. The molecule has 0 amide bonds. The quantitative estimate of drug-likeness (QED) is 0.470. The summed E-state index contributed by atoms with van der Waals surface area (Å²) in [5, 5.41) is 3.36. The second-order valence-corrected chi connectivity index (χ2v) is 7.19. The molecule has 2 nitrogen and oxygen atoms in total. The third kappa shape index (κ3) is 2.72. The Labute approximate surface area is 145 Å². The molecule has 0 unspecified atom stereocenters. The molecule has 0 aliphatic carbocycles. The first-order chi connectivity index (χ1) is 11.6. The number of hydrogen-bond acceptors (Lipinski definition) is 3. The molecule has 0 bridgehead atoms. The smallest absolute Gasteiger partial charge is 0.145 e. The zero-order chi connectivity index (χ0) is 16.7. The van der Waals surface area contributed by atoms with E-state index in [2.05, 4.69) is 49.6 Å². The van der Waals surface area contributed by atoms with E-state index < -0.39 is 0 Å². The van der Waals surface area contributed by atoms with Gasteiger partial charge in [0.05, 0.1) is 4.88 Å². The lowest BCUT2D eigenvalue weighted by Crippen LogP contribution is -1.96. The summed E-state index contributed by atoms with van der Waals surface area (Å²) in [5.74, 6) is 0.942.